The van der Waals surface area contributed by atoms with Gasteiger partial charge in [-0.25, -0.2) is 0 Å². The van der Waals surface area contributed by atoms with Crippen LogP contribution in [0.25, 0.3) is 0 Å². The lowest BCUT2D eigenvalue weighted by atomic mass is 10.0. The zero-order valence-corrected chi connectivity index (χ0v) is 34.2. The molecule has 0 N–H and O–H groups in total. The first-order valence-corrected chi connectivity index (χ1v) is 21.0. The second kappa shape index (κ2) is 35.6. The van der Waals surface area contributed by atoms with Crippen molar-refractivity contribution in [1.29, 1.82) is 0 Å². The van der Waals surface area contributed by atoms with Gasteiger partial charge in [-0.05, 0) is 51.4 Å². The molecule has 0 aliphatic heterocycles. The summed E-state index contributed by atoms with van der Waals surface area (Å²) in [5, 5.41) is 11.6. The van der Waals surface area contributed by atoms with E-state index in [2.05, 4.69) is 44.2 Å². The van der Waals surface area contributed by atoms with Crippen LogP contribution in [0.15, 0.2) is 36.5 Å². The molecule has 52 heavy (non-hydrogen) atoms. The molecule has 0 fully saturated rings. The molecule has 0 heterocycles. The number of esters is 2. The summed E-state index contributed by atoms with van der Waals surface area (Å²) < 4.78 is 17.0. The molecular formula is C44H79NO7. The number of hydrogen-bond acceptors (Lipinski definition) is 7. The van der Waals surface area contributed by atoms with Gasteiger partial charge in [0.1, 0.15) is 12.6 Å². The number of quaternary nitrogens is 1. The van der Waals surface area contributed by atoms with Crippen molar-refractivity contribution in [3.8, 4) is 0 Å². The number of ether oxygens (including phenoxy) is 3. The highest BCUT2D eigenvalue weighted by Crippen LogP contribution is 2.15. The Hall–Kier alpha value is -2.45. The standard InChI is InChI=1S/C44H79NO7/c1-6-8-10-12-14-15-16-17-18-19-20-21-22-23-24-25-26-27-29-31-33-35-43(47)52-40(38-50-37-36-41(44(48)49)45(3,4)5)39-51-42(46)34-32-30-28-13-11-9-7-2/h8,10,14-15,28,30,40-41H,6-7,9,11-13,16-27,29,31-39H2,1-5H3/b10-8+,15-14+,30-28+. The largest absolute Gasteiger partial charge is 0.544 e. The lowest BCUT2D eigenvalue weighted by Gasteiger charge is -2.34. The van der Waals surface area contributed by atoms with Gasteiger partial charge in [0, 0.05) is 19.3 Å². The number of carbonyl (C=O) groups is 3. The van der Waals surface area contributed by atoms with E-state index in [0.717, 1.165) is 44.9 Å². The molecule has 0 radical (unpaired) electrons. The zero-order valence-electron chi connectivity index (χ0n) is 34.2. The summed E-state index contributed by atoms with van der Waals surface area (Å²) in [7, 11) is 5.39. The summed E-state index contributed by atoms with van der Waals surface area (Å²) in [5.74, 6) is -1.80. The molecule has 2 unspecified atom stereocenters. The molecule has 0 aromatic heterocycles. The molecule has 2 atom stereocenters. The normalized spacial score (nSPS) is 13.3. The highest BCUT2D eigenvalue weighted by atomic mass is 16.6. The number of likely N-dealkylation sites (N-methyl/N-ethyl adjacent to an activating group) is 1. The van der Waals surface area contributed by atoms with E-state index < -0.39 is 18.1 Å². The van der Waals surface area contributed by atoms with Crippen molar-refractivity contribution in [3.63, 3.8) is 0 Å². The van der Waals surface area contributed by atoms with E-state index in [0.29, 0.717) is 12.8 Å². The molecule has 0 aliphatic rings. The maximum absolute atomic E-state index is 12.7. The zero-order chi connectivity index (χ0) is 38.5. The van der Waals surface area contributed by atoms with Crippen molar-refractivity contribution in [1.82, 2.24) is 0 Å². The monoisotopic (exact) mass is 734 g/mol. The van der Waals surface area contributed by atoms with Gasteiger partial charge in [0.05, 0.1) is 40.3 Å². The number of aliphatic carboxylic acids is 1. The van der Waals surface area contributed by atoms with Crippen molar-refractivity contribution in [2.45, 2.75) is 187 Å². The van der Waals surface area contributed by atoms with E-state index in [4.69, 9.17) is 14.2 Å². The van der Waals surface area contributed by atoms with Gasteiger partial charge >= 0.3 is 11.9 Å². The van der Waals surface area contributed by atoms with Gasteiger partial charge in [-0.2, -0.15) is 0 Å². The average Bonchev–Trinajstić information content (AvgIpc) is 3.09. The predicted octanol–water partition coefficient (Wildman–Crippen LogP) is 9.74. The van der Waals surface area contributed by atoms with Crippen LogP contribution in [-0.2, 0) is 28.6 Å². The molecule has 8 heteroatoms. The van der Waals surface area contributed by atoms with E-state index in [1.54, 1.807) is 21.1 Å². The third-order valence-electron chi connectivity index (χ3n) is 9.27. The summed E-state index contributed by atoms with van der Waals surface area (Å²) in [6, 6.07) is -0.727. The Morgan fingerprint density at radius 2 is 1.12 bits per heavy atom. The van der Waals surface area contributed by atoms with Gasteiger partial charge in [-0.15, -0.1) is 0 Å². The van der Waals surface area contributed by atoms with Gasteiger partial charge in [-0.3, -0.25) is 9.59 Å². The number of rotatable bonds is 37. The number of hydrogen-bond donors (Lipinski definition) is 0. The van der Waals surface area contributed by atoms with Crippen molar-refractivity contribution < 1.29 is 38.2 Å². The lowest BCUT2D eigenvalue weighted by Crippen LogP contribution is -2.55. The van der Waals surface area contributed by atoms with Crippen molar-refractivity contribution in [2.75, 3.05) is 41.0 Å². The minimum Gasteiger partial charge on any atom is -0.544 e. The fourth-order valence-corrected chi connectivity index (χ4v) is 6.01. The second-order valence-electron chi connectivity index (χ2n) is 15.2. The number of unbranched alkanes of at least 4 members (excludes halogenated alkanes) is 17. The van der Waals surface area contributed by atoms with E-state index in [-0.39, 0.29) is 49.1 Å². The molecule has 302 valence electrons. The maximum atomic E-state index is 12.7. The molecule has 0 rings (SSSR count). The molecule has 0 aliphatic carbocycles. The molecule has 0 saturated heterocycles. The van der Waals surface area contributed by atoms with Gasteiger partial charge in [0.2, 0.25) is 0 Å². The van der Waals surface area contributed by atoms with Crippen LogP contribution in [0.1, 0.15) is 174 Å². The first-order chi connectivity index (χ1) is 25.1. The highest BCUT2D eigenvalue weighted by molar-refractivity contribution is 5.70. The molecule has 0 bridgehead atoms. The van der Waals surface area contributed by atoms with E-state index in [1.165, 1.54) is 89.9 Å². The third-order valence-corrected chi connectivity index (χ3v) is 9.27. The van der Waals surface area contributed by atoms with Gasteiger partial charge in [0.25, 0.3) is 0 Å². The average molecular weight is 734 g/mol. The van der Waals surface area contributed by atoms with Gasteiger partial charge < -0.3 is 28.6 Å². The van der Waals surface area contributed by atoms with Gasteiger partial charge in [0.15, 0.2) is 6.10 Å². The highest BCUT2D eigenvalue weighted by Gasteiger charge is 2.25. The fraction of sp³-hybridized carbons (Fsp3) is 0.795. The van der Waals surface area contributed by atoms with Gasteiger partial charge in [-0.1, -0.05) is 140 Å². The number of allylic oxidation sites excluding steroid dienone is 6. The Balaban J connectivity index is 4.19. The summed E-state index contributed by atoms with van der Waals surface area (Å²) >= 11 is 0. The van der Waals surface area contributed by atoms with Crippen molar-refractivity contribution in [3.05, 3.63) is 36.5 Å². The molecular weight excluding hydrogens is 654 g/mol. The van der Waals surface area contributed by atoms with Crippen LogP contribution in [0.5, 0.6) is 0 Å². The molecule has 8 nitrogen and oxygen atoms in total. The van der Waals surface area contributed by atoms with Crippen LogP contribution in [0, 0.1) is 0 Å². The summed E-state index contributed by atoms with van der Waals surface area (Å²) in [4.78, 5) is 36.6. The lowest BCUT2D eigenvalue weighted by molar-refractivity contribution is -0.889. The molecule has 0 aromatic rings. The van der Waals surface area contributed by atoms with Crippen LogP contribution in [-0.4, -0.2) is 75.5 Å². The van der Waals surface area contributed by atoms with E-state index in [1.807, 2.05) is 6.08 Å². The Labute approximate surface area is 319 Å². The van der Waals surface area contributed by atoms with E-state index in [9.17, 15) is 19.5 Å². The fourth-order valence-electron chi connectivity index (χ4n) is 6.01. The third kappa shape index (κ3) is 33.4. The van der Waals surface area contributed by atoms with Crippen LogP contribution < -0.4 is 5.11 Å². The first kappa shape index (κ1) is 49.6. The molecule has 0 spiro atoms. The quantitative estimate of drug-likeness (QED) is 0.0271. The topological polar surface area (TPSA) is 102 Å². The summed E-state index contributed by atoms with van der Waals surface area (Å²) in [5.41, 5.74) is 0. The minimum absolute atomic E-state index is 0.0305. The predicted molar refractivity (Wildman–Crippen MR) is 213 cm³/mol. The second-order valence-corrected chi connectivity index (χ2v) is 15.2. The van der Waals surface area contributed by atoms with E-state index >= 15 is 0 Å². The van der Waals surface area contributed by atoms with Crippen LogP contribution in [0.3, 0.4) is 0 Å². The SMILES string of the molecule is CC/C=C/C/C=C/CCCCCCCCCCCCCCCCC(=O)OC(COCCC(C(=O)[O-])[N+](C)(C)C)COC(=O)CC/C=C/CCCCC. The summed E-state index contributed by atoms with van der Waals surface area (Å²) in [6.45, 7) is 4.45. The van der Waals surface area contributed by atoms with Crippen molar-refractivity contribution >= 4 is 17.9 Å². The van der Waals surface area contributed by atoms with Crippen LogP contribution >= 0.6 is 0 Å². The number of carboxylic acids is 1. The number of nitrogens with zero attached hydrogens (tertiary/aromatic N) is 1. The smallest absolute Gasteiger partial charge is 0.306 e. The Morgan fingerprint density at radius 3 is 1.67 bits per heavy atom. The van der Waals surface area contributed by atoms with Crippen molar-refractivity contribution in [2.24, 2.45) is 0 Å². The molecule has 0 saturated carbocycles. The summed E-state index contributed by atoms with van der Waals surface area (Å²) in [6.07, 6.45) is 39.2. The Bertz CT molecular complexity index is 953. The van der Waals surface area contributed by atoms with Crippen LogP contribution in [0.4, 0.5) is 0 Å². The number of carboxylic acid groups (broad SMARTS) is 1. The maximum Gasteiger partial charge on any atom is 0.306 e. The molecule has 0 aromatic carbocycles. The molecule has 0 amide bonds. The Morgan fingerprint density at radius 1 is 0.596 bits per heavy atom. The van der Waals surface area contributed by atoms with Crippen LogP contribution in [0.2, 0.25) is 0 Å². The Kier molecular flexibility index (Phi) is 33.9. The first-order valence-electron chi connectivity index (χ1n) is 21.0. The minimum atomic E-state index is -1.13. The number of carbonyl (C=O) groups excluding carboxylic acids is 3.